The third-order valence-corrected chi connectivity index (χ3v) is 7.58. The summed E-state index contributed by atoms with van der Waals surface area (Å²) in [6.07, 6.45) is 4.42. The summed E-state index contributed by atoms with van der Waals surface area (Å²) in [4.78, 5) is 36.2. The Labute approximate surface area is 236 Å². The molecular formula is C29H31ClN8O2. The van der Waals surface area contributed by atoms with Gasteiger partial charge in [0.25, 0.3) is 5.56 Å². The normalized spacial score (nSPS) is 15.0. The summed E-state index contributed by atoms with van der Waals surface area (Å²) in [7, 11) is 0. The zero-order valence-electron chi connectivity index (χ0n) is 22.1. The second-order valence-electron chi connectivity index (χ2n) is 10.1. The van der Waals surface area contributed by atoms with Gasteiger partial charge in [-0.15, -0.1) is 0 Å². The lowest BCUT2D eigenvalue weighted by Gasteiger charge is -2.35. The first-order valence-electron chi connectivity index (χ1n) is 13.3. The number of aliphatic hydroxyl groups excluding tert-OH is 1. The van der Waals surface area contributed by atoms with Crippen LogP contribution < -0.4 is 15.8 Å². The van der Waals surface area contributed by atoms with Gasteiger partial charge in [0.1, 0.15) is 17.2 Å². The predicted molar refractivity (Wildman–Crippen MR) is 158 cm³/mol. The highest BCUT2D eigenvalue weighted by molar-refractivity contribution is 6.30. The molecule has 0 spiro atoms. The number of hydrogen-bond donors (Lipinski definition) is 5. The highest BCUT2D eigenvalue weighted by Crippen LogP contribution is 2.30. The van der Waals surface area contributed by atoms with Crippen molar-refractivity contribution in [3.63, 3.8) is 0 Å². The Morgan fingerprint density at radius 3 is 2.73 bits per heavy atom. The molecule has 2 aromatic carbocycles. The molecular weight excluding hydrogens is 528 g/mol. The summed E-state index contributed by atoms with van der Waals surface area (Å²) in [5.74, 6) is 1.46. The van der Waals surface area contributed by atoms with Crippen LogP contribution in [0, 0.1) is 6.92 Å². The molecule has 1 aliphatic heterocycles. The number of aromatic nitrogens is 5. The van der Waals surface area contributed by atoms with Crippen LogP contribution in [0.3, 0.4) is 0 Å². The molecule has 1 atom stereocenters. The first-order chi connectivity index (χ1) is 19.4. The number of halogens is 1. The molecule has 1 aliphatic rings. The predicted octanol–water partition coefficient (Wildman–Crippen LogP) is 4.07. The van der Waals surface area contributed by atoms with E-state index in [-0.39, 0.29) is 12.1 Å². The number of pyridine rings is 1. The van der Waals surface area contributed by atoms with Crippen molar-refractivity contribution in [2.45, 2.75) is 19.6 Å². The topological polar surface area (TPSA) is 129 Å². The molecule has 3 aromatic heterocycles. The van der Waals surface area contributed by atoms with Crippen LogP contribution >= 0.6 is 11.6 Å². The summed E-state index contributed by atoms with van der Waals surface area (Å²) >= 11 is 6.08. The first-order valence-corrected chi connectivity index (χ1v) is 13.7. The van der Waals surface area contributed by atoms with Crippen LogP contribution in [0.4, 0.5) is 11.4 Å². The van der Waals surface area contributed by atoms with E-state index < -0.39 is 6.10 Å². The van der Waals surface area contributed by atoms with E-state index in [1.807, 2.05) is 19.2 Å². The van der Waals surface area contributed by atoms with E-state index in [0.717, 1.165) is 60.8 Å². The largest absolute Gasteiger partial charge is 0.387 e. The third kappa shape index (κ3) is 5.46. The van der Waals surface area contributed by atoms with Gasteiger partial charge in [-0.05, 0) is 48.4 Å². The highest BCUT2D eigenvalue weighted by atomic mass is 35.5. The number of piperazine rings is 1. The van der Waals surface area contributed by atoms with Gasteiger partial charge < -0.3 is 30.3 Å². The summed E-state index contributed by atoms with van der Waals surface area (Å²) < 4.78 is 0. The SMILES string of the molecule is Cc1cc(N2CCN(Cc3ncc[nH]3)CC2)cc2[nH]c(-c3c(NC[C@H](O)c4cccc(Cl)c4)cc[nH]c3=O)nc12. The molecule has 0 radical (unpaired) electrons. The molecule has 1 saturated heterocycles. The lowest BCUT2D eigenvalue weighted by atomic mass is 10.1. The molecule has 0 aliphatic carbocycles. The van der Waals surface area contributed by atoms with Gasteiger partial charge in [0, 0.05) is 62.0 Å². The second kappa shape index (κ2) is 11.2. The molecule has 6 rings (SSSR count). The quantitative estimate of drug-likeness (QED) is 0.194. The summed E-state index contributed by atoms with van der Waals surface area (Å²) in [5, 5.41) is 14.5. The number of fused-ring (bicyclic) bond motifs is 1. The maximum absolute atomic E-state index is 13.0. The van der Waals surface area contributed by atoms with Gasteiger partial charge >= 0.3 is 0 Å². The molecule has 10 nitrogen and oxygen atoms in total. The van der Waals surface area contributed by atoms with Crippen molar-refractivity contribution in [2.75, 3.05) is 42.9 Å². The van der Waals surface area contributed by atoms with E-state index in [2.05, 4.69) is 47.2 Å². The smallest absolute Gasteiger partial charge is 0.261 e. The van der Waals surface area contributed by atoms with Gasteiger partial charge in [-0.1, -0.05) is 23.7 Å². The molecule has 11 heteroatoms. The Kier molecular flexibility index (Phi) is 7.29. The van der Waals surface area contributed by atoms with E-state index in [9.17, 15) is 9.90 Å². The number of aromatic amines is 3. The van der Waals surface area contributed by atoms with Crippen LogP contribution in [0.5, 0.6) is 0 Å². The Bertz CT molecular complexity index is 1670. The van der Waals surface area contributed by atoms with Gasteiger partial charge in [0.2, 0.25) is 0 Å². The summed E-state index contributed by atoms with van der Waals surface area (Å²) in [5.41, 5.74) is 5.25. The van der Waals surface area contributed by atoms with Crippen LogP contribution in [-0.2, 0) is 6.54 Å². The van der Waals surface area contributed by atoms with E-state index in [1.165, 1.54) is 0 Å². The minimum absolute atomic E-state index is 0.200. The molecule has 0 bridgehead atoms. The van der Waals surface area contributed by atoms with Crippen molar-refractivity contribution in [1.29, 1.82) is 0 Å². The van der Waals surface area contributed by atoms with Crippen LogP contribution in [0.2, 0.25) is 5.02 Å². The van der Waals surface area contributed by atoms with Crippen molar-refractivity contribution in [1.82, 2.24) is 29.8 Å². The first kappa shape index (κ1) is 26.1. The molecule has 0 unspecified atom stereocenters. The number of hydrogen-bond acceptors (Lipinski definition) is 7. The maximum atomic E-state index is 13.0. The molecule has 0 amide bonds. The van der Waals surface area contributed by atoms with Crippen molar-refractivity contribution in [2.24, 2.45) is 0 Å². The van der Waals surface area contributed by atoms with Crippen molar-refractivity contribution in [3.8, 4) is 11.4 Å². The number of imidazole rings is 2. The fraction of sp³-hybridized carbons (Fsp3) is 0.276. The van der Waals surface area contributed by atoms with Crippen molar-refractivity contribution >= 4 is 34.0 Å². The highest BCUT2D eigenvalue weighted by Gasteiger charge is 2.21. The van der Waals surface area contributed by atoms with Gasteiger partial charge in [-0.25, -0.2) is 9.97 Å². The van der Waals surface area contributed by atoms with Crippen LogP contribution in [-0.4, -0.2) is 67.7 Å². The summed E-state index contributed by atoms with van der Waals surface area (Å²) in [6, 6.07) is 13.1. The summed E-state index contributed by atoms with van der Waals surface area (Å²) in [6.45, 7) is 6.78. The van der Waals surface area contributed by atoms with Crippen molar-refractivity contribution < 1.29 is 5.11 Å². The van der Waals surface area contributed by atoms with Crippen molar-refractivity contribution in [3.05, 3.63) is 93.4 Å². The van der Waals surface area contributed by atoms with E-state index in [4.69, 9.17) is 16.6 Å². The average molecular weight is 559 g/mol. The molecule has 40 heavy (non-hydrogen) atoms. The van der Waals surface area contributed by atoms with Gasteiger partial charge in [-0.2, -0.15) is 0 Å². The van der Waals surface area contributed by atoms with E-state index in [0.29, 0.717) is 27.7 Å². The number of anilines is 2. The second-order valence-corrected chi connectivity index (χ2v) is 10.5. The molecule has 1 fully saturated rings. The Hall–Kier alpha value is -4.12. The number of rotatable bonds is 8. The standard InChI is InChI=1S/C29H31ClN8O2/c1-18-13-21(38-11-9-37(10-12-38)17-25-31-7-8-32-25)15-23-27(18)36-28(35-23)26-22(5-6-33-29(26)40)34-16-24(39)19-3-2-4-20(30)14-19/h2-8,13-15,24,39H,9-12,16-17H2,1H3,(H,31,32)(H,35,36)(H2,33,34,40)/t24-/m0/s1. The monoisotopic (exact) mass is 558 g/mol. The molecule has 5 N–H and O–H groups in total. The van der Waals surface area contributed by atoms with Crippen LogP contribution in [0.15, 0.2) is 65.8 Å². The fourth-order valence-corrected chi connectivity index (χ4v) is 5.43. The molecule has 4 heterocycles. The molecule has 0 saturated carbocycles. The van der Waals surface area contributed by atoms with E-state index in [1.54, 1.807) is 36.7 Å². The number of nitrogens with zero attached hydrogens (tertiary/aromatic N) is 4. The number of H-pyrrole nitrogens is 3. The Morgan fingerprint density at radius 2 is 1.95 bits per heavy atom. The number of benzene rings is 2. The maximum Gasteiger partial charge on any atom is 0.261 e. The zero-order chi connectivity index (χ0) is 27.6. The third-order valence-electron chi connectivity index (χ3n) is 7.34. The average Bonchev–Trinajstić information content (AvgIpc) is 3.62. The lowest BCUT2D eigenvalue weighted by Crippen LogP contribution is -2.46. The number of aryl methyl sites for hydroxylation is 1. The van der Waals surface area contributed by atoms with Crippen LogP contribution in [0.25, 0.3) is 22.4 Å². The van der Waals surface area contributed by atoms with Crippen LogP contribution in [0.1, 0.15) is 23.1 Å². The van der Waals surface area contributed by atoms with Gasteiger partial charge in [0.15, 0.2) is 0 Å². The zero-order valence-corrected chi connectivity index (χ0v) is 22.9. The molecule has 206 valence electrons. The fourth-order valence-electron chi connectivity index (χ4n) is 5.23. The van der Waals surface area contributed by atoms with Gasteiger partial charge in [-0.3, -0.25) is 9.69 Å². The van der Waals surface area contributed by atoms with Gasteiger partial charge in [0.05, 0.1) is 29.4 Å². The Balaban J connectivity index is 1.21. The minimum atomic E-state index is -0.800. The Morgan fingerprint density at radius 1 is 1.10 bits per heavy atom. The number of aliphatic hydroxyl groups is 1. The van der Waals surface area contributed by atoms with E-state index >= 15 is 0 Å². The molecule has 5 aromatic rings. The number of nitrogens with one attached hydrogen (secondary N) is 4. The lowest BCUT2D eigenvalue weighted by molar-refractivity contribution is 0.191. The minimum Gasteiger partial charge on any atom is -0.387 e.